The molecule has 348 valence electrons. The van der Waals surface area contributed by atoms with Crippen LogP contribution in [0.5, 0.6) is 11.8 Å². The molecule has 4 aromatic rings. The van der Waals surface area contributed by atoms with Gasteiger partial charge in [-0.05, 0) is 85.3 Å². The predicted octanol–water partition coefficient (Wildman–Crippen LogP) is 9.51. The lowest BCUT2D eigenvalue weighted by Crippen LogP contribution is -2.65. The number of methoxy groups -OCH3 is 1. The lowest BCUT2D eigenvalue weighted by Gasteiger charge is -2.48. The topological polar surface area (TPSA) is 123 Å². The first-order valence-corrected chi connectivity index (χ1v) is 25.5. The number of nitrogens with zero attached hydrogens (tertiary/aromatic N) is 6. The van der Waals surface area contributed by atoms with Crippen molar-refractivity contribution in [2.45, 2.75) is 133 Å². The summed E-state index contributed by atoms with van der Waals surface area (Å²) in [7, 11) is -0.842. The van der Waals surface area contributed by atoms with Gasteiger partial charge in [0.2, 0.25) is 0 Å². The third kappa shape index (κ3) is 8.07. The minimum atomic E-state index is -2.34. The van der Waals surface area contributed by atoms with Crippen LogP contribution in [-0.2, 0) is 9.47 Å². The van der Waals surface area contributed by atoms with E-state index in [0.717, 1.165) is 32.2 Å². The van der Waals surface area contributed by atoms with E-state index in [1.807, 2.05) is 4.90 Å². The first-order valence-electron chi connectivity index (χ1n) is 23.3. The number of ether oxygens (including phenoxy) is 4. The van der Waals surface area contributed by atoms with Crippen LogP contribution in [0.25, 0.3) is 32.9 Å². The number of pyridine rings is 1. The van der Waals surface area contributed by atoms with Crippen molar-refractivity contribution in [2.24, 2.45) is 0 Å². The van der Waals surface area contributed by atoms with E-state index in [4.69, 9.17) is 33.9 Å². The minimum Gasteiger partial charge on any atom is -0.468 e. The monoisotopic (exact) mass is 914 g/mol. The zero-order valence-electron chi connectivity index (χ0n) is 38.6. The van der Waals surface area contributed by atoms with E-state index in [-0.39, 0.29) is 83.7 Å². The Balaban J connectivity index is 1.22. The summed E-state index contributed by atoms with van der Waals surface area (Å²) < 4.78 is 73.1. The quantitative estimate of drug-likeness (QED) is 0.0740. The van der Waals surface area contributed by atoms with Crippen LogP contribution >= 0.6 is 0 Å². The lowest BCUT2D eigenvalue weighted by molar-refractivity contribution is -0.00518. The van der Waals surface area contributed by atoms with Gasteiger partial charge in [0.05, 0.1) is 40.8 Å². The largest absolute Gasteiger partial charge is 0.468 e. The first-order chi connectivity index (χ1) is 31.1. The van der Waals surface area contributed by atoms with Crippen LogP contribution in [0.2, 0.25) is 16.6 Å². The molecule has 0 radical (unpaired) electrons. The molecule has 4 atom stereocenters. The number of aromatic nitrogens is 3. The summed E-state index contributed by atoms with van der Waals surface area (Å²) in [6, 6.07) is 5.96. The highest BCUT2D eigenvalue weighted by Gasteiger charge is 2.55. The number of fused-ring (bicyclic) bond motifs is 5. The Kier molecular flexibility index (Phi) is 12.2. The maximum absolute atomic E-state index is 18.0. The van der Waals surface area contributed by atoms with Crippen molar-refractivity contribution in [2.75, 3.05) is 58.2 Å². The number of hydrogen-bond acceptors (Lipinski definition) is 10. The molecule has 2 aromatic heterocycles. The van der Waals surface area contributed by atoms with Gasteiger partial charge in [-0.2, -0.15) is 9.97 Å². The van der Waals surface area contributed by atoms with Gasteiger partial charge in [-0.15, -0.1) is 5.54 Å². The molecule has 2 aromatic carbocycles. The van der Waals surface area contributed by atoms with Crippen molar-refractivity contribution in [3.63, 3.8) is 0 Å². The summed E-state index contributed by atoms with van der Waals surface area (Å²) in [5, 5.41) is 11.7. The molecule has 1 N–H and O–H groups in total. The predicted molar refractivity (Wildman–Crippen MR) is 246 cm³/mol. The fourth-order valence-corrected chi connectivity index (χ4v) is 17.2. The van der Waals surface area contributed by atoms with E-state index in [2.05, 4.69) is 57.9 Å². The number of carbonyl (C=O) groups is 1. The average Bonchev–Trinajstić information content (AvgIpc) is 3.87. The Morgan fingerprint density at radius 3 is 2.46 bits per heavy atom. The van der Waals surface area contributed by atoms with Crippen molar-refractivity contribution >= 4 is 41.7 Å². The van der Waals surface area contributed by atoms with Crippen LogP contribution in [0.1, 0.15) is 92.1 Å². The molecule has 1 amide bonds. The standard InChI is InChI=1S/C49H61F3N6O6Si/c1-29(2)65(30(3)4,31(5)6)18-14-37-40(51)12-9-32-19-36(64-28-61-7)20-38(41(32)37)43-42(52)44-39(22-53-43)45(55-46(54-44)63-26-48-15-8-17-57(48)23-33(50)21-48)56-24-34-13-16-49(25-56,58(34)47(59)60)27-62-35-10-11-35/h9,12,19-20,22,29-31,33-35H,8,10-11,13,15-17,21,23-28H2,1-7H3,(H,59,60)/t33-,34+,48+,49-/m1/s1. The van der Waals surface area contributed by atoms with Gasteiger partial charge in [0.15, 0.2) is 12.6 Å². The molecule has 0 unspecified atom stereocenters. The highest BCUT2D eigenvalue weighted by Crippen LogP contribution is 2.46. The molecule has 4 aliphatic heterocycles. The van der Waals surface area contributed by atoms with Gasteiger partial charge >= 0.3 is 12.1 Å². The van der Waals surface area contributed by atoms with Gasteiger partial charge in [0, 0.05) is 50.3 Å². The Labute approximate surface area is 380 Å². The van der Waals surface area contributed by atoms with Gasteiger partial charge in [0.25, 0.3) is 0 Å². The molecule has 2 bridgehead atoms. The van der Waals surface area contributed by atoms with Crippen LogP contribution < -0.4 is 14.4 Å². The molecule has 0 spiro atoms. The SMILES string of the molecule is COCOc1cc(-c2ncc3c(N4C[C@@H]5CC[C@](COC6CC6)(C4)N5C(=O)O)nc(OC[C@@]45CCCN4C[C@H](F)C5)nc3c2F)c2c(C#C[Si](C(C)C)(C(C)C)C(C)C)c(F)ccc2c1. The Morgan fingerprint density at radius 2 is 1.75 bits per heavy atom. The smallest absolute Gasteiger partial charge is 0.408 e. The van der Waals surface area contributed by atoms with E-state index in [1.54, 1.807) is 23.1 Å². The number of anilines is 1. The van der Waals surface area contributed by atoms with Crippen LogP contribution in [0.4, 0.5) is 23.8 Å². The van der Waals surface area contributed by atoms with E-state index < -0.39 is 43.1 Å². The molecular formula is C49H61F3N6O6Si. The Bertz CT molecular complexity index is 2530. The van der Waals surface area contributed by atoms with Gasteiger partial charge in [-0.25, -0.2) is 18.0 Å². The van der Waals surface area contributed by atoms with Gasteiger partial charge in [0.1, 0.15) is 49.4 Å². The summed E-state index contributed by atoms with van der Waals surface area (Å²) in [5.74, 6) is 2.72. The van der Waals surface area contributed by atoms with E-state index in [9.17, 15) is 14.3 Å². The number of halogens is 3. The fraction of sp³-hybridized carbons (Fsp3) is 0.592. The number of benzene rings is 2. The normalized spacial score (nSPS) is 24.4. The molecule has 5 fully saturated rings. The second-order valence-corrected chi connectivity index (χ2v) is 25.6. The van der Waals surface area contributed by atoms with Gasteiger partial charge < -0.3 is 29.0 Å². The number of piperazine rings is 1. The number of amides is 1. The zero-order chi connectivity index (χ0) is 46.0. The number of alkyl halides is 1. The molecule has 1 aliphatic carbocycles. The zero-order valence-corrected chi connectivity index (χ0v) is 39.6. The molecule has 12 nitrogen and oxygen atoms in total. The molecule has 65 heavy (non-hydrogen) atoms. The summed E-state index contributed by atoms with van der Waals surface area (Å²) in [6.45, 7) is 15.1. The average molecular weight is 915 g/mol. The number of rotatable bonds is 14. The summed E-state index contributed by atoms with van der Waals surface area (Å²) >= 11 is 0. The second-order valence-electron chi connectivity index (χ2n) is 20.0. The second kappa shape index (κ2) is 17.5. The molecule has 4 saturated heterocycles. The van der Waals surface area contributed by atoms with Crippen molar-refractivity contribution in [1.29, 1.82) is 0 Å². The molecule has 6 heterocycles. The Hall–Kier alpha value is -4.69. The van der Waals surface area contributed by atoms with Crippen molar-refractivity contribution in [3.8, 4) is 34.5 Å². The van der Waals surface area contributed by atoms with Crippen LogP contribution in [-0.4, -0.2) is 127 Å². The highest BCUT2D eigenvalue weighted by molar-refractivity contribution is 6.90. The van der Waals surface area contributed by atoms with Crippen LogP contribution in [0.15, 0.2) is 30.5 Å². The third-order valence-corrected chi connectivity index (χ3v) is 21.4. The molecular weight excluding hydrogens is 854 g/mol. The Morgan fingerprint density at radius 1 is 0.985 bits per heavy atom. The van der Waals surface area contributed by atoms with Crippen molar-refractivity contribution < 1.29 is 42.0 Å². The summed E-state index contributed by atoms with van der Waals surface area (Å²) in [6.07, 6.45) is 4.76. The number of hydrogen-bond donors (Lipinski definition) is 1. The molecule has 5 aliphatic rings. The van der Waals surface area contributed by atoms with Crippen LogP contribution in [0.3, 0.4) is 0 Å². The molecule has 1 saturated carbocycles. The summed E-state index contributed by atoms with van der Waals surface area (Å²) in [4.78, 5) is 33.0. The molecule has 9 rings (SSSR count). The number of carboxylic acid groups (broad SMARTS) is 1. The minimum absolute atomic E-state index is 0.0758. The van der Waals surface area contributed by atoms with Gasteiger partial charge in [-0.1, -0.05) is 53.5 Å². The van der Waals surface area contributed by atoms with Crippen molar-refractivity contribution in [3.05, 3.63) is 47.7 Å². The maximum atomic E-state index is 18.0. The highest BCUT2D eigenvalue weighted by atomic mass is 28.3. The van der Waals surface area contributed by atoms with E-state index >= 15 is 8.78 Å². The third-order valence-electron chi connectivity index (χ3n) is 15.1. The van der Waals surface area contributed by atoms with Crippen LogP contribution in [0, 0.1) is 23.1 Å². The van der Waals surface area contributed by atoms with E-state index in [0.29, 0.717) is 60.1 Å². The van der Waals surface area contributed by atoms with Crippen molar-refractivity contribution in [1.82, 2.24) is 24.8 Å². The van der Waals surface area contributed by atoms with E-state index in [1.165, 1.54) is 19.4 Å². The molecule has 16 heteroatoms. The fourth-order valence-electron chi connectivity index (χ4n) is 12.0. The summed E-state index contributed by atoms with van der Waals surface area (Å²) in [5.41, 5.74) is 3.39. The maximum Gasteiger partial charge on any atom is 0.408 e. The van der Waals surface area contributed by atoms with Gasteiger partial charge in [-0.3, -0.25) is 14.8 Å². The lowest BCUT2D eigenvalue weighted by atomic mass is 9.95. The first kappa shape index (κ1) is 45.5.